The Morgan fingerprint density at radius 2 is 0.610 bits per heavy atom. The van der Waals surface area contributed by atoms with E-state index >= 15 is 0 Å². The van der Waals surface area contributed by atoms with Crippen molar-refractivity contribution in [1.82, 2.24) is 0 Å². The van der Waals surface area contributed by atoms with E-state index in [1.54, 1.807) is 0 Å². The van der Waals surface area contributed by atoms with Crippen LogP contribution in [0.1, 0.15) is 252 Å². The van der Waals surface area contributed by atoms with Crippen molar-refractivity contribution < 1.29 is 28.6 Å². The van der Waals surface area contributed by atoms with Crippen molar-refractivity contribution in [2.75, 3.05) is 13.2 Å². The zero-order chi connectivity index (χ0) is 43.0. The largest absolute Gasteiger partial charge is 0.462 e. The van der Waals surface area contributed by atoms with Crippen LogP contribution in [0.2, 0.25) is 0 Å². The molecule has 0 bridgehead atoms. The molecule has 0 aromatic rings. The van der Waals surface area contributed by atoms with E-state index in [9.17, 15) is 14.4 Å². The highest BCUT2D eigenvalue weighted by Gasteiger charge is 2.19. The lowest BCUT2D eigenvalue weighted by atomic mass is 10.1. The van der Waals surface area contributed by atoms with Gasteiger partial charge in [-0.3, -0.25) is 14.4 Å². The van der Waals surface area contributed by atoms with Gasteiger partial charge in [0.15, 0.2) is 6.10 Å². The molecule has 6 nitrogen and oxygen atoms in total. The van der Waals surface area contributed by atoms with Gasteiger partial charge in [-0.15, -0.1) is 0 Å². The number of rotatable bonds is 45. The van der Waals surface area contributed by atoms with E-state index in [-0.39, 0.29) is 31.1 Å². The summed E-state index contributed by atoms with van der Waals surface area (Å²) in [6.45, 7) is 6.56. The monoisotopic (exact) mass is 827 g/mol. The zero-order valence-electron chi connectivity index (χ0n) is 39.0. The first-order valence-electron chi connectivity index (χ1n) is 25.1. The summed E-state index contributed by atoms with van der Waals surface area (Å²) in [6.07, 6.45) is 56.6. The minimum Gasteiger partial charge on any atom is -0.462 e. The summed E-state index contributed by atoms with van der Waals surface area (Å²) in [7, 11) is 0. The third-order valence-corrected chi connectivity index (χ3v) is 10.8. The highest BCUT2D eigenvalue weighted by molar-refractivity contribution is 5.71. The normalized spacial score (nSPS) is 11.9. The van der Waals surface area contributed by atoms with Crippen molar-refractivity contribution in [1.29, 1.82) is 0 Å². The van der Waals surface area contributed by atoms with Gasteiger partial charge in [0.1, 0.15) is 13.2 Å². The van der Waals surface area contributed by atoms with Gasteiger partial charge in [-0.1, -0.05) is 198 Å². The van der Waals surface area contributed by atoms with Crippen LogP contribution < -0.4 is 0 Å². The van der Waals surface area contributed by atoms with E-state index in [2.05, 4.69) is 69.4 Å². The maximum absolute atomic E-state index is 12.7. The molecule has 0 N–H and O–H groups in total. The fourth-order valence-electron chi connectivity index (χ4n) is 6.97. The van der Waals surface area contributed by atoms with E-state index in [4.69, 9.17) is 14.2 Å². The average molecular weight is 827 g/mol. The lowest BCUT2D eigenvalue weighted by molar-refractivity contribution is -0.167. The molecule has 0 saturated carbocycles. The van der Waals surface area contributed by atoms with Crippen molar-refractivity contribution in [3.8, 4) is 0 Å². The van der Waals surface area contributed by atoms with Gasteiger partial charge in [0.2, 0.25) is 0 Å². The Balaban J connectivity index is 4.39. The molecular formula is C53H94O6. The van der Waals surface area contributed by atoms with E-state index in [1.165, 1.54) is 116 Å². The number of esters is 3. The van der Waals surface area contributed by atoms with Crippen LogP contribution in [-0.2, 0) is 28.6 Å². The van der Waals surface area contributed by atoms with Gasteiger partial charge in [0.05, 0.1) is 0 Å². The third kappa shape index (κ3) is 46.3. The standard InChI is InChI=1S/C53H94O6/c1-4-7-10-13-16-19-22-24-26-28-31-33-36-39-42-45-51(54)57-48-50(59-53(56)47-44-41-38-35-30-21-18-15-12-9-6-3)49-58-52(55)46-43-40-37-34-32-29-27-25-23-20-17-14-11-8-5-2/h16-17,19-20,24-27,50H,4-15,18,21-23,28-49H2,1-3H3/b19-16-,20-17-,26-24-,27-25-. The maximum atomic E-state index is 12.7. The van der Waals surface area contributed by atoms with Gasteiger partial charge in [-0.05, 0) is 83.5 Å². The second kappa shape index (κ2) is 48.0. The van der Waals surface area contributed by atoms with Crippen LogP contribution in [0.3, 0.4) is 0 Å². The summed E-state index contributed by atoms with van der Waals surface area (Å²) in [5, 5.41) is 0. The van der Waals surface area contributed by atoms with Crippen molar-refractivity contribution in [2.45, 2.75) is 258 Å². The molecule has 0 aromatic carbocycles. The first-order valence-corrected chi connectivity index (χ1v) is 25.1. The van der Waals surface area contributed by atoms with Gasteiger partial charge in [0, 0.05) is 19.3 Å². The predicted molar refractivity (Wildman–Crippen MR) is 252 cm³/mol. The maximum Gasteiger partial charge on any atom is 0.306 e. The Bertz CT molecular complexity index is 981. The Hall–Kier alpha value is -2.63. The molecule has 0 saturated heterocycles. The summed E-state index contributed by atoms with van der Waals surface area (Å²) in [5.41, 5.74) is 0. The lowest BCUT2D eigenvalue weighted by Crippen LogP contribution is -2.30. The summed E-state index contributed by atoms with van der Waals surface area (Å²) in [6, 6.07) is 0. The third-order valence-electron chi connectivity index (χ3n) is 10.8. The first-order chi connectivity index (χ1) is 29.0. The highest BCUT2D eigenvalue weighted by Crippen LogP contribution is 2.14. The molecule has 0 aliphatic rings. The van der Waals surface area contributed by atoms with Crippen LogP contribution in [-0.4, -0.2) is 37.2 Å². The van der Waals surface area contributed by atoms with E-state index in [0.29, 0.717) is 19.3 Å². The SMILES string of the molecule is CCCCC/C=C\C/C=C\CCCCCCCC(=O)OCC(COC(=O)CCCCCCC/C=C\C/C=C\CCCCC)OC(=O)CCCCCCCCCCCCC. The highest BCUT2D eigenvalue weighted by atomic mass is 16.6. The topological polar surface area (TPSA) is 78.9 Å². The number of hydrogen-bond donors (Lipinski definition) is 0. The van der Waals surface area contributed by atoms with Crippen LogP contribution in [0, 0.1) is 0 Å². The van der Waals surface area contributed by atoms with E-state index in [1.807, 2.05) is 0 Å². The van der Waals surface area contributed by atoms with Gasteiger partial charge < -0.3 is 14.2 Å². The summed E-state index contributed by atoms with van der Waals surface area (Å²) in [5.74, 6) is -0.905. The Morgan fingerprint density at radius 1 is 0.339 bits per heavy atom. The molecule has 0 amide bonds. The van der Waals surface area contributed by atoms with Gasteiger partial charge in [-0.2, -0.15) is 0 Å². The Morgan fingerprint density at radius 3 is 0.966 bits per heavy atom. The summed E-state index contributed by atoms with van der Waals surface area (Å²) < 4.78 is 16.7. The molecule has 0 spiro atoms. The summed E-state index contributed by atoms with van der Waals surface area (Å²) >= 11 is 0. The Labute approximate surface area is 365 Å². The molecule has 0 aliphatic heterocycles. The Kier molecular flexibility index (Phi) is 45.9. The molecule has 0 atom stereocenters. The molecule has 0 unspecified atom stereocenters. The molecular weight excluding hydrogens is 733 g/mol. The fraction of sp³-hybridized carbons (Fsp3) is 0.792. The van der Waals surface area contributed by atoms with Gasteiger partial charge >= 0.3 is 17.9 Å². The molecule has 0 heterocycles. The smallest absolute Gasteiger partial charge is 0.306 e. The van der Waals surface area contributed by atoms with Crippen LogP contribution in [0.25, 0.3) is 0 Å². The fourth-order valence-corrected chi connectivity index (χ4v) is 6.97. The minimum absolute atomic E-state index is 0.0833. The number of carbonyl (C=O) groups is 3. The number of hydrogen-bond acceptors (Lipinski definition) is 6. The molecule has 0 fully saturated rings. The van der Waals surface area contributed by atoms with Crippen molar-refractivity contribution in [2.24, 2.45) is 0 Å². The quantitative estimate of drug-likeness (QED) is 0.0263. The van der Waals surface area contributed by atoms with Crippen molar-refractivity contribution in [3.63, 3.8) is 0 Å². The van der Waals surface area contributed by atoms with Crippen LogP contribution in [0.4, 0.5) is 0 Å². The minimum atomic E-state index is -0.780. The molecule has 59 heavy (non-hydrogen) atoms. The number of allylic oxidation sites excluding steroid dienone is 8. The van der Waals surface area contributed by atoms with Crippen molar-refractivity contribution >= 4 is 17.9 Å². The second-order valence-corrected chi connectivity index (χ2v) is 16.7. The molecule has 0 rings (SSSR count). The first kappa shape index (κ1) is 56.4. The van der Waals surface area contributed by atoms with E-state index < -0.39 is 6.10 Å². The zero-order valence-corrected chi connectivity index (χ0v) is 39.0. The number of ether oxygens (including phenoxy) is 3. The molecule has 342 valence electrons. The van der Waals surface area contributed by atoms with Crippen LogP contribution in [0.5, 0.6) is 0 Å². The molecule has 6 heteroatoms. The lowest BCUT2D eigenvalue weighted by Gasteiger charge is -2.18. The predicted octanol–water partition coefficient (Wildman–Crippen LogP) is 16.3. The molecule has 0 aliphatic carbocycles. The van der Waals surface area contributed by atoms with Gasteiger partial charge in [0.25, 0.3) is 0 Å². The number of unbranched alkanes of at least 4 members (excludes halogenated alkanes) is 26. The van der Waals surface area contributed by atoms with Crippen molar-refractivity contribution in [3.05, 3.63) is 48.6 Å². The second-order valence-electron chi connectivity index (χ2n) is 16.7. The average Bonchev–Trinajstić information content (AvgIpc) is 3.23. The van der Waals surface area contributed by atoms with Crippen LogP contribution in [0.15, 0.2) is 48.6 Å². The van der Waals surface area contributed by atoms with Crippen LogP contribution >= 0.6 is 0 Å². The summed E-state index contributed by atoms with van der Waals surface area (Å²) in [4.78, 5) is 37.9. The van der Waals surface area contributed by atoms with E-state index in [0.717, 1.165) is 96.3 Å². The molecule has 0 aromatic heterocycles. The van der Waals surface area contributed by atoms with Gasteiger partial charge in [-0.25, -0.2) is 0 Å². The molecule has 0 radical (unpaired) electrons. The number of carbonyl (C=O) groups excluding carboxylic acids is 3.